The molecule has 0 amide bonds. The first-order chi connectivity index (χ1) is 8.69. The van der Waals surface area contributed by atoms with Gasteiger partial charge in [-0.25, -0.2) is 0 Å². The number of carboxylic acids is 1. The van der Waals surface area contributed by atoms with Gasteiger partial charge in [-0.1, -0.05) is 6.92 Å². The molecule has 1 aromatic rings. The largest absolute Gasteiger partial charge is 0.481 e. The van der Waals surface area contributed by atoms with E-state index in [0.717, 1.165) is 38.9 Å². The van der Waals surface area contributed by atoms with Gasteiger partial charge in [-0.05, 0) is 25.8 Å². The molecule has 0 aliphatic carbocycles. The second-order valence-corrected chi connectivity index (χ2v) is 4.98. The third-order valence-electron chi connectivity index (χ3n) is 3.43. The van der Waals surface area contributed by atoms with Crippen LogP contribution in [-0.4, -0.2) is 38.3 Å². The molecule has 1 unspecified atom stereocenters. The first-order valence-corrected chi connectivity index (χ1v) is 6.66. The quantitative estimate of drug-likeness (QED) is 0.836. The summed E-state index contributed by atoms with van der Waals surface area (Å²) >= 11 is 0. The van der Waals surface area contributed by atoms with E-state index in [1.54, 1.807) is 0 Å². The monoisotopic (exact) mass is 251 g/mol. The number of aliphatic carboxylic acids is 1. The SMILES string of the molecule is CCCn1cc(CN2CCCC2CC(=O)O)cn1. The highest BCUT2D eigenvalue weighted by Crippen LogP contribution is 2.22. The van der Waals surface area contributed by atoms with E-state index in [1.807, 2.05) is 10.9 Å². The predicted molar refractivity (Wildman–Crippen MR) is 68.2 cm³/mol. The number of hydrogen-bond acceptors (Lipinski definition) is 3. The highest BCUT2D eigenvalue weighted by molar-refractivity contribution is 5.67. The summed E-state index contributed by atoms with van der Waals surface area (Å²) in [5.74, 6) is -0.700. The number of hydrogen-bond donors (Lipinski definition) is 1. The lowest BCUT2D eigenvalue weighted by Crippen LogP contribution is -2.30. The molecule has 5 heteroatoms. The zero-order valence-electron chi connectivity index (χ0n) is 10.9. The molecule has 1 aliphatic heterocycles. The van der Waals surface area contributed by atoms with Crippen LogP contribution in [0.1, 0.15) is 38.2 Å². The summed E-state index contributed by atoms with van der Waals surface area (Å²) in [5.41, 5.74) is 1.18. The van der Waals surface area contributed by atoms with Crippen molar-refractivity contribution in [2.45, 2.75) is 51.7 Å². The summed E-state index contributed by atoms with van der Waals surface area (Å²) in [6.07, 6.45) is 7.39. The van der Waals surface area contributed by atoms with Gasteiger partial charge in [0.1, 0.15) is 0 Å². The fraction of sp³-hybridized carbons (Fsp3) is 0.692. The van der Waals surface area contributed by atoms with Crippen LogP contribution < -0.4 is 0 Å². The van der Waals surface area contributed by atoms with E-state index in [1.165, 1.54) is 5.56 Å². The van der Waals surface area contributed by atoms with Gasteiger partial charge in [-0.15, -0.1) is 0 Å². The predicted octanol–water partition coefficient (Wildman–Crippen LogP) is 1.73. The molecule has 1 saturated heterocycles. The maximum atomic E-state index is 10.8. The molecule has 1 N–H and O–H groups in total. The molecule has 2 rings (SSSR count). The average Bonchev–Trinajstić information content (AvgIpc) is 2.90. The van der Waals surface area contributed by atoms with Crippen LogP contribution in [0.5, 0.6) is 0 Å². The third-order valence-corrected chi connectivity index (χ3v) is 3.43. The highest BCUT2D eigenvalue weighted by atomic mass is 16.4. The Balaban J connectivity index is 1.92. The molecule has 5 nitrogen and oxygen atoms in total. The van der Waals surface area contributed by atoms with Gasteiger partial charge in [0.25, 0.3) is 0 Å². The Labute approximate surface area is 107 Å². The summed E-state index contributed by atoms with van der Waals surface area (Å²) < 4.78 is 1.96. The Kier molecular flexibility index (Phi) is 4.36. The molecule has 1 aromatic heterocycles. The molecule has 0 spiro atoms. The van der Waals surface area contributed by atoms with Crippen molar-refractivity contribution in [2.24, 2.45) is 0 Å². The second kappa shape index (κ2) is 6.00. The third kappa shape index (κ3) is 3.32. The summed E-state index contributed by atoms with van der Waals surface area (Å²) in [6, 6.07) is 0.192. The van der Waals surface area contributed by atoms with Crippen LogP contribution in [0.2, 0.25) is 0 Å². The Morgan fingerprint density at radius 2 is 2.44 bits per heavy atom. The van der Waals surface area contributed by atoms with Gasteiger partial charge in [-0.2, -0.15) is 5.10 Å². The van der Waals surface area contributed by atoms with Crippen LogP contribution >= 0.6 is 0 Å². The van der Waals surface area contributed by atoms with Crippen molar-refractivity contribution in [3.05, 3.63) is 18.0 Å². The van der Waals surface area contributed by atoms with Gasteiger partial charge in [0.2, 0.25) is 0 Å². The molecule has 1 fully saturated rings. The van der Waals surface area contributed by atoms with E-state index in [-0.39, 0.29) is 12.5 Å². The normalized spacial score (nSPS) is 20.4. The van der Waals surface area contributed by atoms with Crippen LogP contribution in [0.3, 0.4) is 0 Å². The van der Waals surface area contributed by atoms with E-state index in [9.17, 15) is 4.79 Å². The lowest BCUT2D eigenvalue weighted by Gasteiger charge is -2.22. The lowest BCUT2D eigenvalue weighted by molar-refractivity contribution is -0.138. The van der Waals surface area contributed by atoms with Crippen molar-refractivity contribution in [1.82, 2.24) is 14.7 Å². The van der Waals surface area contributed by atoms with Crippen molar-refractivity contribution in [2.75, 3.05) is 6.54 Å². The number of aromatic nitrogens is 2. The van der Waals surface area contributed by atoms with Crippen LogP contribution in [0.15, 0.2) is 12.4 Å². The second-order valence-electron chi connectivity index (χ2n) is 4.98. The first kappa shape index (κ1) is 13.1. The zero-order chi connectivity index (χ0) is 13.0. The standard InChI is InChI=1S/C13H21N3O2/c1-2-5-16-10-11(8-14-16)9-15-6-3-4-12(15)7-13(17)18/h8,10,12H,2-7,9H2,1H3,(H,17,18). The molecule has 0 bridgehead atoms. The van der Waals surface area contributed by atoms with E-state index in [2.05, 4.69) is 23.1 Å². The van der Waals surface area contributed by atoms with Crippen LogP contribution in [0.4, 0.5) is 0 Å². The summed E-state index contributed by atoms with van der Waals surface area (Å²) in [5, 5.41) is 13.2. The van der Waals surface area contributed by atoms with Gasteiger partial charge in [0.15, 0.2) is 0 Å². The number of aryl methyl sites for hydroxylation is 1. The molecular weight excluding hydrogens is 230 g/mol. The minimum absolute atomic E-state index is 0.192. The molecule has 100 valence electrons. The smallest absolute Gasteiger partial charge is 0.304 e. The van der Waals surface area contributed by atoms with E-state index < -0.39 is 5.97 Å². The fourth-order valence-electron chi connectivity index (χ4n) is 2.61. The maximum absolute atomic E-state index is 10.8. The lowest BCUT2D eigenvalue weighted by atomic mass is 10.1. The van der Waals surface area contributed by atoms with Gasteiger partial charge >= 0.3 is 5.97 Å². The Bertz CT molecular complexity index is 403. The van der Waals surface area contributed by atoms with Crippen LogP contribution in [0.25, 0.3) is 0 Å². The molecule has 1 atom stereocenters. The summed E-state index contributed by atoms with van der Waals surface area (Å²) in [4.78, 5) is 13.1. The molecule has 2 heterocycles. The number of nitrogens with zero attached hydrogens (tertiary/aromatic N) is 3. The van der Waals surface area contributed by atoms with E-state index >= 15 is 0 Å². The van der Waals surface area contributed by atoms with Crippen molar-refractivity contribution < 1.29 is 9.90 Å². The average molecular weight is 251 g/mol. The molecule has 18 heavy (non-hydrogen) atoms. The molecule has 0 aromatic carbocycles. The minimum Gasteiger partial charge on any atom is -0.481 e. The molecule has 0 radical (unpaired) electrons. The van der Waals surface area contributed by atoms with E-state index in [0.29, 0.717) is 0 Å². The Morgan fingerprint density at radius 3 is 3.17 bits per heavy atom. The van der Waals surface area contributed by atoms with Gasteiger partial charge in [0, 0.05) is 30.9 Å². The molecular formula is C13H21N3O2. The van der Waals surface area contributed by atoms with Crippen molar-refractivity contribution >= 4 is 5.97 Å². The van der Waals surface area contributed by atoms with Crippen molar-refractivity contribution in [3.8, 4) is 0 Å². The van der Waals surface area contributed by atoms with Gasteiger partial charge in [-0.3, -0.25) is 14.4 Å². The number of likely N-dealkylation sites (tertiary alicyclic amines) is 1. The summed E-state index contributed by atoms with van der Waals surface area (Å²) in [6.45, 7) is 4.89. The highest BCUT2D eigenvalue weighted by Gasteiger charge is 2.26. The van der Waals surface area contributed by atoms with Crippen LogP contribution in [-0.2, 0) is 17.9 Å². The first-order valence-electron chi connectivity index (χ1n) is 6.66. The topological polar surface area (TPSA) is 58.4 Å². The van der Waals surface area contributed by atoms with E-state index in [4.69, 9.17) is 5.11 Å². The maximum Gasteiger partial charge on any atom is 0.304 e. The van der Waals surface area contributed by atoms with Crippen molar-refractivity contribution in [3.63, 3.8) is 0 Å². The number of rotatable bonds is 6. The Hall–Kier alpha value is -1.36. The fourth-order valence-corrected chi connectivity index (χ4v) is 2.61. The molecule has 1 aliphatic rings. The molecule has 0 saturated carbocycles. The Morgan fingerprint density at radius 1 is 1.61 bits per heavy atom. The van der Waals surface area contributed by atoms with Gasteiger partial charge in [0.05, 0.1) is 12.6 Å². The van der Waals surface area contributed by atoms with Crippen molar-refractivity contribution in [1.29, 1.82) is 0 Å². The number of carboxylic acid groups (broad SMARTS) is 1. The van der Waals surface area contributed by atoms with Gasteiger partial charge < -0.3 is 5.11 Å². The number of carbonyl (C=O) groups is 1. The minimum atomic E-state index is -0.700. The summed E-state index contributed by atoms with van der Waals surface area (Å²) in [7, 11) is 0. The zero-order valence-corrected chi connectivity index (χ0v) is 10.9. The van der Waals surface area contributed by atoms with Crippen LogP contribution in [0, 0.1) is 0 Å².